The number of rotatable bonds is 6. The van der Waals surface area contributed by atoms with Crippen LogP contribution in [0.5, 0.6) is 0 Å². The number of ether oxygens (including phenoxy) is 1. The Labute approximate surface area is 157 Å². The Morgan fingerprint density at radius 1 is 1.37 bits per heavy atom. The van der Waals surface area contributed by atoms with E-state index in [1.807, 2.05) is 0 Å². The molecule has 2 atom stereocenters. The van der Waals surface area contributed by atoms with Crippen LogP contribution in [-0.2, 0) is 19.4 Å². The molecular formula is C17H23N3O6S. The van der Waals surface area contributed by atoms with Crippen LogP contribution in [0.3, 0.4) is 0 Å². The normalized spacial score (nSPS) is 19.1. The second-order valence-electron chi connectivity index (χ2n) is 6.30. The fraction of sp³-hybridized carbons (Fsp3) is 0.471. The topological polar surface area (TPSA) is 136 Å². The molecule has 3 N–H and O–H groups in total. The Morgan fingerprint density at radius 3 is 2.63 bits per heavy atom. The lowest BCUT2D eigenvalue weighted by Gasteiger charge is -2.29. The first-order chi connectivity index (χ1) is 12.6. The number of nitrogens with one attached hydrogen (secondary N) is 1. The average molecular weight is 397 g/mol. The molecule has 1 aliphatic rings. The van der Waals surface area contributed by atoms with Crippen LogP contribution in [0, 0.1) is 0 Å². The quantitative estimate of drug-likeness (QED) is 0.680. The first-order valence-electron chi connectivity index (χ1n) is 8.51. The van der Waals surface area contributed by atoms with Gasteiger partial charge in [-0.15, -0.1) is 0 Å². The molecule has 2 rings (SSSR count). The molecule has 9 nitrogen and oxygen atoms in total. The molecule has 148 valence electrons. The Balaban J connectivity index is 2.04. The molecule has 27 heavy (non-hydrogen) atoms. The van der Waals surface area contributed by atoms with Crippen molar-refractivity contribution in [3.05, 3.63) is 29.8 Å². The van der Waals surface area contributed by atoms with E-state index in [9.17, 15) is 22.8 Å². The van der Waals surface area contributed by atoms with Crippen LogP contribution in [0.15, 0.2) is 24.3 Å². The van der Waals surface area contributed by atoms with E-state index < -0.39 is 39.9 Å². The van der Waals surface area contributed by atoms with E-state index in [1.54, 1.807) is 13.0 Å². The summed E-state index contributed by atoms with van der Waals surface area (Å²) >= 11 is 0. The molecule has 1 aliphatic heterocycles. The van der Waals surface area contributed by atoms with E-state index in [2.05, 4.69) is 5.32 Å². The van der Waals surface area contributed by atoms with Crippen molar-refractivity contribution in [3.63, 3.8) is 0 Å². The van der Waals surface area contributed by atoms with Gasteiger partial charge in [0.15, 0.2) is 15.9 Å². The first kappa shape index (κ1) is 20.7. The maximum absolute atomic E-state index is 12.6. The number of benzene rings is 1. The van der Waals surface area contributed by atoms with E-state index in [4.69, 9.17) is 10.5 Å². The molecule has 10 heteroatoms. The van der Waals surface area contributed by atoms with Gasteiger partial charge in [0.1, 0.15) is 0 Å². The number of hydrogen-bond donors (Lipinski definition) is 2. The minimum atomic E-state index is -3.14. The number of amides is 3. The molecular weight excluding hydrogens is 374 g/mol. The second kappa shape index (κ2) is 8.38. The summed E-state index contributed by atoms with van der Waals surface area (Å²) in [6.45, 7) is 3.51. The number of carbonyl (C=O) groups excluding carboxylic acids is 3. The van der Waals surface area contributed by atoms with E-state index in [1.165, 1.54) is 30.0 Å². The van der Waals surface area contributed by atoms with Gasteiger partial charge in [0.25, 0.3) is 5.91 Å². The zero-order chi connectivity index (χ0) is 20.2. The molecule has 0 spiro atoms. The summed E-state index contributed by atoms with van der Waals surface area (Å²) in [6, 6.07) is 4.77. The van der Waals surface area contributed by atoms with Gasteiger partial charge in [-0.25, -0.2) is 18.0 Å². The lowest BCUT2D eigenvalue weighted by Crippen LogP contribution is -2.46. The van der Waals surface area contributed by atoms with Crippen LogP contribution < -0.4 is 11.1 Å². The maximum Gasteiger partial charge on any atom is 0.338 e. The van der Waals surface area contributed by atoms with Crippen molar-refractivity contribution in [2.24, 2.45) is 5.73 Å². The molecule has 0 unspecified atom stereocenters. The van der Waals surface area contributed by atoms with E-state index >= 15 is 0 Å². The zero-order valence-corrected chi connectivity index (χ0v) is 16.0. The third kappa shape index (κ3) is 5.43. The van der Waals surface area contributed by atoms with Crippen molar-refractivity contribution in [2.75, 3.05) is 23.4 Å². The van der Waals surface area contributed by atoms with Gasteiger partial charge in [-0.1, -0.05) is 6.07 Å². The number of urea groups is 1. The summed E-state index contributed by atoms with van der Waals surface area (Å²) in [5.74, 6) is -1.21. The van der Waals surface area contributed by atoms with Crippen LogP contribution in [-0.4, -0.2) is 61.4 Å². The van der Waals surface area contributed by atoms with Gasteiger partial charge in [-0.2, -0.15) is 0 Å². The Kier molecular flexibility index (Phi) is 6.42. The number of likely N-dealkylation sites (N-methyl/N-ethyl adjacent to an activating group) is 1. The first-order valence-corrected chi connectivity index (χ1v) is 10.3. The van der Waals surface area contributed by atoms with Crippen molar-refractivity contribution in [1.82, 2.24) is 4.90 Å². The lowest BCUT2D eigenvalue weighted by atomic mass is 10.2. The van der Waals surface area contributed by atoms with E-state index in [0.717, 1.165) is 0 Å². The number of anilines is 1. The molecule has 1 aromatic rings. The smallest absolute Gasteiger partial charge is 0.338 e. The van der Waals surface area contributed by atoms with Crippen LogP contribution in [0.25, 0.3) is 0 Å². The van der Waals surface area contributed by atoms with Crippen molar-refractivity contribution in [1.29, 1.82) is 0 Å². The molecule has 0 radical (unpaired) electrons. The van der Waals surface area contributed by atoms with Gasteiger partial charge in [-0.3, -0.25) is 4.79 Å². The fourth-order valence-electron chi connectivity index (χ4n) is 2.99. The predicted octanol–water partition coefficient (Wildman–Crippen LogP) is 0.758. The summed E-state index contributed by atoms with van der Waals surface area (Å²) in [5.41, 5.74) is 5.51. The van der Waals surface area contributed by atoms with Crippen LogP contribution in [0.4, 0.5) is 10.5 Å². The number of carbonyl (C=O) groups is 3. The fourth-order valence-corrected chi connectivity index (χ4v) is 4.72. The number of hydrogen-bond acceptors (Lipinski definition) is 6. The second-order valence-corrected chi connectivity index (χ2v) is 8.53. The molecule has 1 saturated heterocycles. The molecule has 1 fully saturated rings. The maximum atomic E-state index is 12.6. The number of esters is 1. The summed E-state index contributed by atoms with van der Waals surface area (Å²) in [6.07, 6.45) is -0.697. The van der Waals surface area contributed by atoms with Crippen molar-refractivity contribution in [2.45, 2.75) is 32.4 Å². The summed E-state index contributed by atoms with van der Waals surface area (Å²) in [7, 11) is -3.14. The molecule has 0 aromatic heterocycles. The summed E-state index contributed by atoms with van der Waals surface area (Å²) in [5, 5.41) is 2.35. The monoisotopic (exact) mass is 397 g/mol. The number of sulfone groups is 1. The molecule has 0 saturated carbocycles. The molecule has 0 aliphatic carbocycles. The van der Waals surface area contributed by atoms with Gasteiger partial charge in [0, 0.05) is 18.3 Å². The third-order valence-electron chi connectivity index (χ3n) is 4.27. The lowest BCUT2D eigenvalue weighted by molar-refractivity contribution is -0.141. The van der Waals surface area contributed by atoms with Gasteiger partial charge in [-0.05, 0) is 38.5 Å². The van der Waals surface area contributed by atoms with Gasteiger partial charge in [0.05, 0.1) is 17.1 Å². The van der Waals surface area contributed by atoms with Crippen LogP contribution in [0.1, 0.15) is 30.6 Å². The number of primary amides is 1. The minimum absolute atomic E-state index is 0.0509. The Hall–Kier alpha value is -2.62. The van der Waals surface area contributed by atoms with Gasteiger partial charge < -0.3 is 20.7 Å². The van der Waals surface area contributed by atoms with Gasteiger partial charge >= 0.3 is 12.0 Å². The van der Waals surface area contributed by atoms with Crippen molar-refractivity contribution >= 4 is 33.4 Å². The predicted molar refractivity (Wildman–Crippen MR) is 99.0 cm³/mol. The highest BCUT2D eigenvalue weighted by Crippen LogP contribution is 2.19. The van der Waals surface area contributed by atoms with E-state index in [0.29, 0.717) is 18.7 Å². The van der Waals surface area contributed by atoms with Crippen LogP contribution >= 0.6 is 0 Å². The van der Waals surface area contributed by atoms with E-state index in [-0.39, 0.29) is 17.1 Å². The summed E-state index contributed by atoms with van der Waals surface area (Å²) < 4.78 is 28.6. The Morgan fingerprint density at radius 2 is 2.07 bits per heavy atom. The molecule has 0 bridgehead atoms. The largest absolute Gasteiger partial charge is 0.449 e. The zero-order valence-electron chi connectivity index (χ0n) is 15.2. The minimum Gasteiger partial charge on any atom is -0.449 e. The number of nitrogens with two attached hydrogens (primary N) is 1. The van der Waals surface area contributed by atoms with Crippen molar-refractivity contribution < 1.29 is 27.5 Å². The Bertz CT molecular complexity index is 839. The van der Waals surface area contributed by atoms with Crippen LogP contribution in [0.2, 0.25) is 0 Å². The highest BCUT2D eigenvalue weighted by atomic mass is 32.2. The standard InChI is InChI=1S/C17H23N3O6S/c1-3-20(14-7-8-27(24,25)10-14)15(21)11(2)26-16(22)12-5-4-6-13(9-12)19-17(18)23/h4-6,9,11,14H,3,7-8,10H2,1-2H3,(H3,18,19,23)/t11-,14-/m0/s1. The molecule has 1 heterocycles. The molecule has 1 aromatic carbocycles. The third-order valence-corrected chi connectivity index (χ3v) is 6.02. The average Bonchev–Trinajstić information content (AvgIpc) is 2.94. The molecule has 3 amide bonds. The SMILES string of the molecule is CCN(C(=O)[C@H](C)OC(=O)c1cccc(NC(N)=O)c1)[C@H]1CCS(=O)(=O)C1. The summed E-state index contributed by atoms with van der Waals surface area (Å²) in [4.78, 5) is 37.3. The van der Waals surface area contributed by atoms with Gasteiger partial charge in [0.2, 0.25) is 0 Å². The highest BCUT2D eigenvalue weighted by molar-refractivity contribution is 7.91. The van der Waals surface area contributed by atoms with Crippen molar-refractivity contribution in [3.8, 4) is 0 Å². The highest BCUT2D eigenvalue weighted by Gasteiger charge is 2.36. The number of nitrogens with zero attached hydrogens (tertiary/aromatic N) is 1.